The van der Waals surface area contributed by atoms with Crippen LogP contribution in [-0.4, -0.2) is 18.2 Å². The number of benzene rings is 1. The molecule has 0 unspecified atom stereocenters. The van der Waals surface area contributed by atoms with Crippen LogP contribution in [0.5, 0.6) is 5.75 Å². The molecule has 1 aromatic rings. The van der Waals surface area contributed by atoms with Gasteiger partial charge in [-0.1, -0.05) is 34.1 Å². The molecule has 0 fully saturated rings. The first-order valence-corrected chi connectivity index (χ1v) is 5.88. The minimum atomic E-state index is 0.567. The standard InChI is InChI=1S/C12H13BrO2/c1-2-15-12-6-5-10(4-3-7-13)8-11(12)9-14/h3-6,8-9H,2,7H2,1H3. The Hall–Kier alpha value is -1.09. The largest absolute Gasteiger partial charge is 0.493 e. The molecular formula is C12H13BrO2. The summed E-state index contributed by atoms with van der Waals surface area (Å²) in [6.45, 7) is 2.46. The molecule has 0 aromatic heterocycles. The monoisotopic (exact) mass is 268 g/mol. The Bertz CT molecular complexity index is 359. The fourth-order valence-corrected chi connectivity index (χ4v) is 1.42. The van der Waals surface area contributed by atoms with E-state index in [1.54, 1.807) is 0 Å². The van der Waals surface area contributed by atoms with E-state index >= 15 is 0 Å². The molecule has 80 valence electrons. The summed E-state index contributed by atoms with van der Waals surface area (Å²) in [6.07, 6.45) is 4.75. The Morgan fingerprint density at radius 2 is 2.27 bits per heavy atom. The number of halogens is 1. The van der Waals surface area contributed by atoms with Crippen molar-refractivity contribution in [3.05, 3.63) is 35.4 Å². The third-order valence-electron chi connectivity index (χ3n) is 1.86. The lowest BCUT2D eigenvalue weighted by Crippen LogP contribution is -1.96. The van der Waals surface area contributed by atoms with E-state index < -0.39 is 0 Å². The first-order chi connectivity index (χ1) is 7.31. The Balaban J connectivity index is 2.96. The van der Waals surface area contributed by atoms with E-state index in [1.807, 2.05) is 37.3 Å². The first-order valence-electron chi connectivity index (χ1n) is 4.76. The maximum atomic E-state index is 10.8. The van der Waals surface area contributed by atoms with E-state index in [4.69, 9.17) is 4.74 Å². The molecule has 1 aromatic carbocycles. The molecular weight excluding hydrogens is 256 g/mol. The van der Waals surface area contributed by atoms with Crippen LogP contribution in [0.1, 0.15) is 22.8 Å². The number of aldehydes is 1. The van der Waals surface area contributed by atoms with Crippen molar-refractivity contribution in [2.45, 2.75) is 6.92 Å². The topological polar surface area (TPSA) is 26.3 Å². The molecule has 3 heteroatoms. The molecule has 2 nitrogen and oxygen atoms in total. The molecule has 15 heavy (non-hydrogen) atoms. The predicted octanol–water partition coefficient (Wildman–Crippen LogP) is 3.31. The lowest BCUT2D eigenvalue weighted by atomic mass is 10.1. The molecule has 0 saturated heterocycles. The number of carbonyl (C=O) groups is 1. The molecule has 0 bridgehead atoms. The van der Waals surface area contributed by atoms with Crippen molar-refractivity contribution in [1.82, 2.24) is 0 Å². The van der Waals surface area contributed by atoms with Crippen LogP contribution in [0, 0.1) is 0 Å². The van der Waals surface area contributed by atoms with Crippen LogP contribution in [0.2, 0.25) is 0 Å². The summed E-state index contributed by atoms with van der Waals surface area (Å²) >= 11 is 3.30. The number of ether oxygens (including phenoxy) is 1. The fourth-order valence-electron chi connectivity index (χ4n) is 1.23. The predicted molar refractivity (Wildman–Crippen MR) is 65.8 cm³/mol. The van der Waals surface area contributed by atoms with Crippen molar-refractivity contribution in [1.29, 1.82) is 0 Å². The van der Waals surface area contributed by atoms with Crippen molar-refractivity contribution < 1.29 is 9.53 Å². The average Bonchev–Trinajstić information content (AvgIpc) is 2.28. The van der Waals surface area contributed by atoms with Crippen LogP contribution < -0.4 is 4.74 Å². The SMILES string of the molecule is CCOc1ccc(C=CCBr)cc1C=O. The minimum absolute atomic E-state index is 0.567. The van der Waals surface area contributed by atoms with Gasteiger partial charge in [0.15, 0.2) is 6.29 Å². The minimum Gasteiger partial charge on any atom is -0.493 e. The van der Waals surface area contributed by atoms with Gasteiger partial charge in [-0.25, -0.2) is 0 Å². The second-order valence-corrected chi connectivity index (χ2v) is 3.55. The van der Waals surface area contributed by atoms with Crippen molar-refractivity contribution in [3.8, 4) is 5.75 Å². The van der Waals surface area contributed by atoms with Gasteiger partial charge in [0.1, 0.15) is 5.75 Å². The van der Waals surface area contributed by atoms with Crippen LogP contribution in [0.3, 0.4) is 0 Å². The highest BCUT2D eigenvalue weighted by molar-refractivity contribution is 9.09. The molecule has 0 aliphatic rings. The van der Waals surface area contributed by atoms with Gasteiger partial charge in [0.05, 0.1) is 12.2 Å². The van der Waals surface area contributed by atoms with Gasteiger partial charge in [0.25, 0.3) is 0 Å². The Labute approximate surface area is 98.1 Å². The lowest BCUT2D eigenvalue weighted by Gasteiger charge is -2.06. The van der Waals surface area contributed by atoms with E-state index in [-0.39, 0.29) is 0 Å². The second kappa shape index (κ2) is 6.40. The van der Waals surface area contributed by atoms with Gasteiger partial charge in [-0.15, -0.1) is 0 Å². The number of alkyl halides is 1. The fraction of sp³-hybridized carbons (Fsp3) is 0.250. The third kappa shape index (κ3) is 3.51. The highest BCUT2D eigenvalue weighted by Crippen LogP contribution is 2.19. The smallest absolute Gasteiger partial charge is 0.153 e. The van der Waals surface area contributed by atoms with E-state index in [1.165, 1.54) is 0 Å². The Kier molecular flexibility index (Phi) is 5.12. The maximum Gasteiger partial charge on any atom is 0.153 e. The number of rotatable bonds is 5. The number of carbonyl (C=O) groups excluding carboxylic acids is 1. The van der Waals surface area contributed by atoms with Gasteiger partial charge in [-0.05, 0) is 24.6 Å². The molecule has 0 heterocycles. The van der Waals surface area contributed by atoms with Gasteiger partial charge in [0.2, 0.25) is 0 Å². The molecule has 0 atom stereocenters. The molecule has 1 rings (SSSR count). The molecule has 0 aliphatic carbocycles. The lowest BCUT2D eigenvalue weighted by molar-refractivity contribution is 0.112. The van der Waals surface area contributed by atoms with E-state index in [9.17, 15) is 4.79 Å². The molecule has 0 radical (unpaired) electrons. The van der Waals surface area contributed by atoms with Gasteiger partial charge >= 0.3 is 0 Å². The van der Waals surface area contributed by atoms with Gasteiger partial charge in [-0.3, -0.25) is 4.79 Å². The average molecular weight is 269 g/mol. The molecule has 0 amide bonds. The van der Waals surface area contributed by atoms with Crippen LogP contribution in [-0.2, 0) is 0 Å². The molecule has 0 spiro atoms. The summed E-state index contributed by atoms with van der Waals surface area (Å²) in [7, 11) is 0. The summed E-state index contributed by atoms with van der Waals surface area (Å²) in [6, 6.07) is 5.56. The molecule has 0 saturated carbocycles. The third-order valence-corrected chi connectivity index (χ3v) is 2.23. The Morgan fingerprint density at radius 1 is 1.47 bits per heavy atom. The second-order valence-electron chi connectivity index (χ2n) is 2.90. The summed E-state index contributed by atoms with van der Waals surface area (Å²) in [5.41, 5.74) is 1.59. The zero-order valence-corrected chi connectivity index (χ0v) is 10.2. The highest BCUT2D eigenvalue weighted by Gasteiger charge is 2.02. The summed E-state index contributed by atoms with van der Waals surface area (Å²) in [4.78, 5) is 10.8. The van der Waals surface area contributed by atoms with Crippen LogP contribution in [0.25, 0.3) is 6.08 Å². The van der Waals surface area contributed by atoms with Crippen molar-refractivity contribution in [2.75, 3.05) is 11.9 Å². The van der Waals surface area contributed by atoms with Crippen molar-refractivity contribution in [3.63, 3.8) is 0 Å². The van der Waals surface area contributed by atoms with Crippen molar-refractivity contribution >= 4 is 28.3 Å². The quantitative estimate of drug-likeness (QED) is 0.605. The zero-order chi connectivity index (χ0) is 11.1. The summed E-state index contributed by atoms with van der Waals surface area (Å²) in [5.74, 6) is 0.642. The number of allylic oxidation sites excluding steroid dienone is 1. The summed E-state index contributed by atoms with van der Waals surface area (Å²) in [5, 5.41) is 0.802. The van der Waals surface area contributed by atoms with E-state index in [0.29, 0.717) is 17.9 Å². The van der Waals surface area contributed by atoms with Gasteiger partial charge in [0, 0.05) is 5.33 Å². The van der Waals surface area contributed by atoms with Gasteiger partial charge < -0.3 is 4.74 Å². The van der Waals surface area contributed by atoms with Crippen LogP contribution >= 0.6 is 15.9 Å². The van der Waals surface area contributed by atoms with Crippen molar-refractivity contribution in [2.24, 2.45) is 0 Å². The first kappa shape index (κ1) is 12.0. The zero-order valence-electron chi connectivity index (χ0n) is 8.57. The van der Waals surface area contributed by atoms with Crippen LogP contribution in [0.4, 0.5) is 0 Å². The molecule has 0 N–H and O–H groups in total. The Morgan fingerprint density at radius 3 is 2.87 bits per heavy atom. The van der Waals surface area contributed by atoms with E-state index in [2.05, 4.69) is 15.9 Å². The number of hydrogen-bond donors (Lipinski definition) is 0. The highest BCUT2D eigenvalue weighted by atomic mass is 79.9. The summed E-state index contributed by atoms with van der Waals surface area (Å²) < 4.78 is 5.32. The van der Waals surface area contributed by atoms with Crippen LogP contribution in [0.15, 0.2) is 24.3 Å². The normalized spacial score (nSPS) is 10.5. The van der Waals surface area contributed by atoms with E-state index in [0.717, 1.165) is 17.2 Å². The maximum absolute atomic E-state index is 10.8. The molecule has 0 aliphatic heterocycles. The number of hydrogen-bond acceptors (Lipinski definition) is 2. The van der Waals surface area contributed by atoms with Gasteiger partial charge in [-0.2, -0.15) is 0 Å².